The fourth-order valence-electron chi connectivity index (χ4n) is 3.24. The number of urea groups is 1. The highest BCUT2D eigenvalue weighted by molar-refractivity contribution is 6.30. The van der Waals surface area contributed by atoms with Gasteiger partial charge in [0.25, 0.3) is 0 Å². The SMILES string of the molecule is NC(=O)NNCCOc1ccccc1.O=C(O)CCCN1CCN(c2cccc(Cl)c2)CC1. The number of carboxylic acids is 1. The van der Waals surface area contributed by atoms with E-state index in [1.165, 1.54) is 0 Å². The number of carboxylic acid groups (broad SMARTS) is 1. The van der Waals surface area contributed by atoms with Gasteiger partial charge < -0.3 is 20.5 Å². The van der Waals surface area contributed by atoms with Crippen molar-refractivity contribution in [2.75, 3.05) is 50.8 Å². The van der Waals surface area contributed by atoms with Gasteiger partial charge in [-0.15, -0.1) is 0 Å². The van der Waals surface area contributed by atoms with Crippen LogP contribution in [0.2, 0.25) is 5.02 Å². The quantitative estimate of drug-likeness (QED) is 0.306. The standard InChI is InChI=1S/C14H19ClN2O2.C9H13N3O2/c15-12-3-1-4-13(11-12)17-9-7-16(8-10-17)6-2-5-14(18)19;10-9(13)12-11-6-7-14-8-4-2-1-3-5-8/h1,3-4,11H,2,5-10H2,(H,18,19);1-5,11H,6-7H2,(H3,10,12,13). The number of hydrogen-bond donors (Lipinski definition) is 4. The molecule has 0 unspecified atom stereocenters. The Morgan fingerprint density at radius 2 is 1.79 bits per heavy atom. The molecular formula is C23H32ClN5O4. The number of hydrazine groups is 1. The van der Waals surface area contributed by atoms with E-state index < -0.39 is 12.0 Å². The van der Waals surface area contributed by atoms with Crippen molar-refractivity contribution >= 4 is 29.3 Å². The second-order valence-corrected chi connectivity index (χ2v) is 7.82. The first kappa shape index (κ1) is 26.2. The number of piperazine rings is 1. The largest absolute Gasteiger partial charge is 0.492 e. The second kappa shape index (κ2) is 14.9. The average Bonchev–Trinajstić information content (AvgIpc) is 2.80. The van der Waals surface area contributed by atoms with E-state index in [9.17, 15) is 9.59 Å². The van der Waals surface area contributed by atoms with Gasteiger partial charge in [0.1, 0.15) is 12.4 Å². The number of amides is 2. The zero-order valence-corrected chi connectivity index (χ0v) is 19.3. The Balaban J connectivity index is 0.000000245. The molecule has 10 heteroatoms. The van der Waals surface area contributed by atoms with Gasteiger partial charge in [0.05, 0.1) is 0 Å². The molecule has 0 saturated carbocycles. The Labute approximate surface area is 199 Å². The molecule has 180 valence electrons. The molecule has 1 saturated heterocycles. The number of nitrogens with one attached hydrogen (secondary N) is 2. The van der Waals surface area contributed by atoms with Crippen molar-refractivity contribution in [3.05, 3.63) is 59.6 Å². The molecular weight excluding hydrogens is 446 g/mol. The lowest BCUT2D eigenvalue weighted by Crippen LogP contribution is -2.46. The van der Waals surface area contributed by atoms with Crippen molar-refractivity contribution in [3.63, 3.8) is 0 Å². The van der Waals surface area contributed by atoms with E-state index in [2.05, 4.69) is 26.7 Å². The summed E-state index contributed by atoms with van der Waals surface area (Å²) in [6.45, 7) is 5.72. The molecule has 2 aromatic carbocycles. The first-order chi connectivity index (χ1) is 15.9. The molecule has 1 fully saturated rings. The van der Waals surface area contributed by atoms with Gasteiger partial charge >= 0.3 is 12.0 Å². The molecule has 5 N–H and O–H groups in total. The van der Waals surface area contributed by atoms with Crippen LogP contribution < -0.4 is 26.2 Å². The average molecular weight is 478 g/mol. The Bertz CT molecular complexity index is 848. The zero-order chi connectivity index (χ0) is 23.9. The number of carbonyl (C=O) groups excluding carboxylic acids is 1. The van der Waals surface area contributed by atoms with Crippen molar-refractivity contribution in [1.29, 1.82) is 0 Å². The minimum atomic E-state index is -0.711. The number of carbonyl (C=O) groups is 2. The van der Waals surface area contributed by atoms with Crippen LogP contribution in [0.3, 0.4) is 0 Å². The van der Waals surface area contributed by atoms with Crippen LogP contribution in [0.1, 0.15) is 12.8 Å². The summed E-state index contributed by atoms with van der Waals surface area (Å²) < 4.78 is 5.33. The van der Waals surface area contributed by atoms with E-state index in [0.717, 1.165) is 55.6 Å². The molecule has 1 aliphatic rings. The Morgan fingerprint density at radius 1 is 1.06 bits per heavy atom. The number of nitrogens with zero attached hydrogens (tertiary/aromatic N) is 2. The molecule has 9 nitrogen and oxygen atoms in total. The monoisotopic (exact) mass is 477 g/mol. The number of hydrogen-bond acceptors (Lipinski definition) is 6. The third kappa shape index (κ3) is 11.4. The van der Waals surface area contributed by atoms with E-state index in [4.69, 9.17) is 27.2 Å². The van der Waals surface area contributed by atoms with E-state index in [0.29, 0.717) is 13.2 Å². The number of primary amides is 1. The summed E-state index contributed by atoms with van der Waals surface area (Å²) in [4.78, 5) is 25.4. The van der Waals surface area contributed by atoms with Crippen molar-refractivity contribution in [2.45, 2.75) is 12.8 Å². The number of para-hydroxylation sites is 1. The fourth-order valence-corrected chi connectivity index (χ4v) is 3.43. The van der Waals surface area contributed by atoms with Gasteiger partial charge in [-0.3, -0.25) is 15.1 Å². The lowest BCUT2D eigenvalue weighted by atomic mass is 10.2. The smallest absolute Gasteiger partial charge is 0.326 e. The minimum Gasteiger partial charge on any atom is -0.492 e. The summed E-state index contributed by atoms with van der Waals surface area (Å²) in [7, 11) is 0. The fraction of sp³-hybridized carbons (Fsp3) is 0.391. The number of ether oxygens (including phenoxy) is 1. The number of aliphatic carboxylic acids is 1. The van der Waals surface area contributed by atoms with E-state index in [1.54, 1.807) is 0 Å². The lowest BCUT2D eigenvalue weighted by molar-refractivity contribution is -0.137. The van der Waals surface area contributed by atoms with Crippen LogP contribution >= 0.6 is 11.6 Å². The minimum absolute atomic E-state index is 0.258. The first-order valence-electron chi connectivity index (χ1n) is 10.8. The summed E-state index contributed by atoms with van der Waals surface area (Å²) in [5, 5.41) is 9.39. The molecule has 2 amide bonds. The van der Waals surface area contributed by atoms with Crippen LogP contribution in [0, 0.1) is 0 Å². The predicted octanol–water partition coefficient (Wildman–Crippen LogP) is 2.57. The number of rotatable bonds is 10. The number of anilines is 1. The summed E-state index contributed by atoms with van der Waals surface area (Å²) in [6.07, 6.45) is 0.987. The molecule has 2 aromatic rings. The number of nitrogens with two attached hydrogens (primary N) is 1. The highest BCUT2D eigenvalue weighted by Crippen LogP contribution is 2.20. The van der Waals surface area contributed by atoms with Gasteiger partial charge in [-0.2, -0.15) is 0 Å². The van der Waals surface area contributed by atoms with Crippen LogP contribution in [0.4, 0.5) is 10.5 Å². The van der Waals surface area contributed by atoms with Gasteiger partial charge in [-0.25, -0.2) is 10.2 Å². The highest BCUT2D eigenvalue weighted by Gasteiger charge is 2.17. The molecule has 0 atom stereocenters. The summed E-state index contributed by atoms with van der Waals surface area (Å²) in [5.74, 6) is 0.0888. The van der Waals surface area contributed by atoms with Crippen molar-refractivity contribution in [3.8, 4) is 5.75 Å². The second-order valence-electron chi connectivity index (χ2n) is 7.38. The van der Waals surface area contributed by atoms with Gasteiger partial charge in [0.15, 0.2) is 0 Å². The van der Waals surface area contributed by atoms with Gasteiger partial charge in [-0.1, -0.05) is 35.9 Å². The Hall–Kier alpha value is -3.01. The van der Waals surface area contributed by atoms with Crippen LogP contribution in [0.25, 0.3) is 0 Å². The van der Waals surface area contributed by atoms with Gasteiger partial charge in [-0.05, 0) is 43.3 Å². The zero-order valence-electron chi connectivity index (χ0n) is 18.6. The summed E-state index contributed by atoms with van der Waals surface area (Å²) in [6, 6.07) is 16.7. The number of benzene rings is 2. The molecule has 33 heavy (non-hydrogen) atoms. The third-order valence-corrected chi connectivity index (χ3v) is 5.10. The van der Waals surface area contributed by atoms with E-state index in [-0.39, 0.29) is 6.42 Å². The van der Waals surface area contributed by atoms with E-state index >= 15 is 0 Å². The Morgan fingerprint density at radius 3 is 2.42 bits per heavy atom. The maximum atomic E-state index is 10.5. The topological polar surface area (TPSA) is 120 Å². The maximum Gasteiger partial charge on any atom is 0.326 e. The normalized spacial score (nSPS) is 13.5. The molecule has 1 aliphatic heterocycles. The van der Waals surface area contributed by atoms with Crippen molar-refractivity contribution in [2.24, 2.45) is 5.73 Å². The molecule has 0 radical (unpaired) electrons. The molecule has 0 bridgehead atoms. The molecule has 0 aromatic heterocycles. The van der Waals surface area contributed by atoms with Gasteiger partial charge in [0, 0.05) is 49.9 Å². The summed E-state index contributed by atoms with van der Waals surface area (Å²) >= 11 is 6.00. The Kier molecular flexibility index (Phi) is 11.9. The predicted molar refractivity (Wildman–Crippen MR) is 130 cm³/mol. The molecule has 1 heterocycles. The van der Waals surface area contributed by atoms with Crippen LogP contribution in [-0.2, 0) is 4.79 Å². The van der Waals surface area contributed by atoms with Crippen LogP contribution in [0.5, 0.6) is 5.75 Å². The van der Waals surface area contributed by atoms with Crippen molar-refractivity contribution in [1.82, 2.24) is 15.8 Å². The molecule has 3 rings (SSSR count). The first-order valence-corrected chi connectivity index (χ1v) is 11.2. The third-order valence-electron chi connectivity index (χ3n) is 4.86. The van der Waals surface area contributed by atoms with Crippen molar-refractivity contribution < 1.29 is 19.4 Å². The number of halogens is 1. The lowest BCUT2D eigenvalue weighted by Gasteiger charge is -2.36. The highest BCUT2D eigenvalue weighted by atomic mass is 35.5. The van der Waals surface area contributed by atoms with E-state index in [1.807, 2.05) is 48.5 Å². The molecule has 0 spiro atoms. The van der Waals surface area contributed by atoms with Gasteiger partial charge in [0.2, 0.25) is 0 Å². The molecule has 0 aliphatic carbocycles. The summed E-state index contributed by atoms with van der Waals surface area (Å²) in [5.41, 5.74) is 10.8. The maximum absolute atomic E-state index is 10.5. The van der Waals surface area contributed by atoms with Crippen LogP contribution in [-0.4, -0.2) is 67.9 Å². The van der Waals surface area contributed by atoms with Crippen LogP contribution in [0.15, 0.2) is 54.6 Å².